The van der Waals surface area contributed by atoms with E-state index in [1.807, 2.05) is 54.6 Å². The first-order valence-electron chi connectivity index (χ1n) is 10.9. The molecule has 0 atom stereocenters. The van der Waals surface area contributed by atoms with Gasteiger partial charge in [0.1, 0.15) is 0 Å². The summed E-state index contributed by atoms with van der Waals surface area (Å²) < 4.78 is 5.56. The van der Waals surface area contributed by atoms with Crippen molar-refractivity contribution in [2.24, 2.45) is 23.2 Å². The molecule has 0 radical (unpaired) electrons. The highest BCUT2D eigenvalue weighted by Crippen LogP contribution is 2.60. The molecule has 0 unspecified atom stereocenters. The molecular weight excluding hydrogens is 394 g/mol. The summed E-state index contributed by atoms with van der Waals surface area (Å²) in [7, 11) is 0. The highest BCUT2D eigenvalue weighted by Gasteiger charge is 2.55. The summed E-state index contributed by atoms with van der Waals surface area (Å²) in [5, 5.41) is 2.92. The van der Waals surface area contributed by atoms with Crippen molar-refractivity contribution in [2.75, 3.05) is 11.9 Å². The van der Waals surface area contributed by atoms with Crippen LogP contribution in [-0.2, 0) is 14.3 Å². The first kappa shape index (κ1) is 19.7. The van der Waals surface area contributed by atoms with Crippen LogP contribution >= 0.6 is 11.8 Å². The van der Waals surface area contributed by atoms with Gasteiger partial charge >= 0.3 is 5.97 Å². The second-order valence-electron chi connectivity index (χ2n) is 9.23. The molecule has 4 aliphatic rings. The Hall–Kier alpha value is -2.27. The number of anilines is 1. The van der Waals surface area contributed by atoms with E-state index < -0.39 is 0 Å². The number of carbonyl (C=O) groups is 2. The molecule has 0 heterocycles. The fraction of sp³-hybridized carbons (Fsp3) is 0.440. The molecule has 1 N–H and O–H groups in total. The molecule has 0 saturated heterocycles. The molecule has 1 amide bonds. The number of esters is 1. The molecule has 2 aromatic carbocycles. The monoisotopic (exact) mass is 421 g/mol. The Kier molecular flexibility index (Phi) is 5.32. The van der Waals surface area contributed by atoms with Crippen LogP contribution in [0.2, 0.25) is 0 Å². The van der Waals surface area contributed by atoms with Gasteiger partial charge in [-0.1, -0.05) is 42.1 Å². The van der Waals surface area contributed by atoms with Gasteiger partial charge in [0.05, 0.1) is 11.1 Å². The van der Waals surface area contributed by atoms with Gasteiger partial charge in [0.25, 0.3) is 5.91 Å². The summed E-state index contributed by atoms with van der Waals surface area (Å²) in [6, 6.07) is 17.8. The Balaban J connectivity index is 1.20. The molecule has 0 spiro atoms. The van der Waals surface area contributed by atoms with E-state index in [0.29, 0.717) is 17.8 Å². The minimum Gasteiger partial charge on any atom is -0.455 e. The zero-order valence-electron chi connectivity index (χ0n) is 17.0. The average Bonchev–Trinajstić information content (AvgIpc) is 2.73. The van der Waals surface area contributed by atoms with Crippen LogP contribution < -0.4 is 5.32 Å². The van der Waals surface area contributed by atoms with E-state index in [2.05, 4.69) is 5.32 Å². The predicted molar refractivity (Wildman–Crippen MR) is 117 cm³/mol. The number of para-hydroxylation sites is 1. The van der Waals surface area contributed by atoms with E-state index in [1.54, 1.807) is 11.8 Å². The van der Waals surface area contributed by atoms with Gasteiger partial charge < -0.3 is 10.1 Å². The zero-order valence-corrected chi connectivity index (χ0v) is 17.8. The van der Waals surface area contributed by atoms with Crippen LogP contribution in [0.3, 0.4) is 0 Å². The second kappa shape index (κ2) is 8.10. The lowest BCUT2D eigenvalue weighted by Gasteiger charge is -2.55. The Morgan fingerprint density at radius 3 is 2.17 bits per heavy atom. The molecule has 4 aliphatic carbocycles. The van der Waals surface area contributed by atoms with Gasteiger partial charge in [-0.2, -0.15) is 0 Å². The lowest BCUT2D eigenvalue weighted by molar-refractivity contribution is -0.172. The molecule has 30 heavy (non-hydrogen) atoms. The molecule has 5 heteroatoms. The fourth-order valence-electron chi connectivity index (χ4n) is 6.11. The van der Waals surface area contributed by atoms with Crippen molar-refractivity contribution in [2.45, 2.75) is 48.3 Å². The maximum Gasteiger partial charge on any atom is 0.312 e. The summed E-state index contributed by atoms with van der Waals surface area (Å²) >= 11 is 1.60. The van der Waals surface area contributed by atoms with Crippen molar-refractivity contribution < 1.29 is 14.3 Å². The second-order valence-corrected chi connectivity index (χ2v) is 10.3. The van der Waals surface area contributed by atoms with Crippen molar-refractivity contribution in [3.05, 3.63) is 54.6 Å². The normalized spacial score (nSPS) is 28.9. The van der Waals surface area contributed by atoms with Crippen molar-refractivity contribution in [1.29, 1.82) is 0 Å². The zero-order chi connectivity index (χ0) is 20.6. The highest BCUT2D eigenvalue weighted by molar-refractivity contribution is 7.99. The third-order valence-corrected chi connectivity index (χ3v) is 8.02. The molecule has 4 bridgehead atoms. The first-order valence-corrected chi connectivity index (χ1v) is 11.7. The highest BCUT2D eigenvalue weighted by atomic mass is 32.2. The molecule has 4 nitrogen and oxygen atoms in total. The van der Waals surface area contributed by atoms with Crippen LogP contribution in [0.4, 0.5) is 5.69 Å². The Labute approximate surface area is 181 Å². The summed E-state index contributed by atoms with van der Waals surface area (Å²) in [6.07, 6.45) is 6.71. The number of rotatable bonds is 6. The molecule has 2 aromatic rings. The van der Waals surface area contributed by atoms with Gasteiger partial charge in [0, 0.05) is 9.79 Å². The quantitative estimate of drug-likeness (QED) is 0.623. The fourth-order valence-corrected chi connectivity index (χ4v) is 7.03. The number of benzene rings is 2. The molecule has 6 rings (SSSR count). The average molecular weight is 422 g/mol. The summed E-state index contributed by atoms with van der Waals surface area (Å²) in [5.41, 5.74) is 0.415. The van der Waals surface area contributed by atoms with Crippen LogP contribution in [0, 0.1) is 23.2 Å². The van der Waals surface area contributed by atoms with Gasteiger partial charge in [0.15, 0.2) is 6.61 Å². The third kappa shape index (κ3) is 4.00. The van der Waals surface area contributed by atoms with Crippen molar-refractivity contribution >= 4 is 29.3 Å². The molecule has 156 valence electrons. The van der Waals surface area contributed by atoms with Crippen molar-refractivity contribution in [3.8, 4) is 0 Å². The van der Waals surface area contributed by atoms with Crippen LogP contribution in [0.25, 0.3) is 0 Å². The lowest BCUT2D eigenvalue weighted by atomic mass is 9.49. The van der Waals surface area contributed by atoms with E-state index in [-0.39, 0.29) is 23.9 Å². The largest absolute Gasteiger partial charge is 0.455 e. The summed E-state index contributed by atoms with van der Waals surface area (Å²) in [6.45, 7) is -0.217. The van der Waals surface area contributed by atoms with Gasteiger partial charge in [-0.25, -0.2) is 0 Å². The number of hydrogen-bond acceptors (Lipinski definition) is 4. The minimum atomic E-state index is -0.323. The van der Waals surface area contributed by atoms with E-state index in [0.717, 1.165) is 34.7 Å². The number of nitrogens with one attached hydrogen (secondary N) is 1. The maximum atomic E-state index is 13.0. The number of hydrogen-bond donors (Lipinski definition) is 1. The predicted octanol–water partition coefficient (Wildman–Crippen LogP) is 5.54. The number of ether oxygens (including phenoxy) is 1. The lowest BCUT2D eigenvalue weighted by Crippen LogP contribution is -2.50. The van der Waals surface area contributed by atoms with E-state index in [4.69, 9.17) is 4.74 Å². The standard InChI is InChI=1S/C25H27NO3S/c27-23(26-21-8-4-5-9-22(21)30-20-6-2-1-3-7-20)16-29-24(28)25-13-17-10-18(14-25)12-19(11-17)15-25/h1-9,17-19H,10-16H2,(H,26,27). The maximum absolute atomic E-state index is 13.0. The molecule has 4 fully saturated rings. The van der Waals surface area contributed by atoms with Crippen LogP contribution in [0.1, 0.15) is 38.5 Å². The Bertz CT molecular complexity index is 907. The SMILES string of the molecule is O=C(COC(=O)C12CC3CC(CC(C3)C1)C2)Nc1ccccc1Sc1ccccc1. The minimum absolute atomic E-state index is 0.149. The third-order valence-electron chi connectivity index (χ3n) is 6.94. The molecule has 0 aliphatic heterocycles. The van der Waals surface area contributed by atoms with Gasteiger partial charge in [-0.3, -0.25) is 9.59 Å². The Morgan fingerprint density at radius 2 is 1.50 bits per heavy atom. The molecule has 0 aromatic heterocycles. The van der Waals surface area contributed by atoms with Gasteiger partial charge in [-0.05, 0) is 80.5 Å². The Morgan fingerprint density at radius 1 is 0.900 bits per heavy atom. The smallest absolute Gasteiger partial charge is 0.312 e. The van der Waals surface area contributed by atoms with Crippen molar-refractivity contribution in [3.63, 3.8) is 0 Å². The van der Waals surface area contributed by atoms with E-state index in [1.165, 1.54) is 19.3 Å². The van der Waals surface area contributed by atoms with Crippen LogP contribution in [0.5, 0.6) is 0 Å². The van der Waals surface area contributed by atoms with E-state index >= 15 is 0 Å². The summed E-state index contributed by atoms with van der Waals surface area (Å²) in [4.78, 5) is 27.6. The molecular formula is C25H27NO3S. The summed E-state index contributed by atoms with van der Waals surface area (Å²) in [5.74, 6) is 1.61. The molecule has 4 saturated carbocycles. The van der Waals surface area contributed by atoms with Gasteiger partial charge in [0.2, 0.25) is 0 Å². The van der Waals surface area contributed by atoms with Gasteiger partial charge in [-0.15, -0.1) is 0 Å². The first-order chi connectivity index (χ1) is 14.6. The van der Waals surface area contributed by atoms with Crippen LogP contribution in [-0.4, -0.2) is 18.5 Å². The van der Waals surface area contributed by atoms with E-state index in [9.17, 15) is 9.59 Å². The number of carbonyl (C=O) groups excluding carboxylic acids is 2. The topological polar surface area (TPSA) is 55.4 Å². The van der Waals surface area contributed by atoms with Crippen molar-refractivity contribution in [1.82, 2.24) is 0 Å². The van der Waals surface area contributed by atoms with Crippen LogP contribution in [0.15, 0.2) is 64.4 Å². The number of amides is 1.